The zero-order valence-corrected chi connectivity index (χ0v) is 14.4. The zero-order valence-electron chi connectivity index (χ0n) is 12.8. The minimum atomic E-state index is -0.542. The van der Waals surface area contributed by atoms with Crippen molar-refractivity contribution in [2.24, 2.45) is 5.16 Å². The molecule has 1 atom stereocenters. The van der Waals surface area contributed by atoms with Gasteiger partial charge in [0.2, 0.25) is 6.10 Å². The second-order valence-corrected chi connectivity index (χ2v) is 6.33. The van der Waals surface area contributed by atoms with Crippen molar-refractivity contribution in [3.63, 3.8) is 0 Å². The number of oxime groups is 1. The van der Waals surface area contributed by atoms with Crippen molar-refractivity contribution in [2.75, 3.05) is 13.2 Å². The summed E-state index contributed by atoms with van der Waals surface area (Å²) in [5.41, 5.74) is 1.76. The van der Waals surface area contributed by atoms with Crippen LogP contribution in [-0.2, 0) is 14.4 Å². The molecule has 1 N–H and O–H groups in total. The lowest BCUT2D eigenvalue weighted by Gasteiger charge is -2.10. The zero-order chi connectivity index (χ0) is 15.9. The number of carbonyl (C=O) groups excluding carboxylic acids is 1. The normalized spacial score (nSPS) is 17.3. The van der Waals surface area contributed by atoms with E-state index in [0.717, 1.165) is 22.2 Å². The van der Waals surface area contributed by atoms with E-state index in [1.54, 1.807) is 0 Å². The van der Waals surface area contributed by atoms with Crippen LogP contribution in [0.1, 0.15) is 32.3 Å². The average Bonchev–Trinajstić information content (AvgIpc) is 2.96. The molecule has 0 radical (unpaired) electrons. The van der Waals surface area contributed by atoms with E-state index in [1.807, 2.05) is 38.1 Å². The lowest BCUT2D eigenvalue weighted by atomic mass is 10.0. The summed E-state index contributed by atoms with van der Waals surface area (Å²) >= 11 is 3.43. The van der Waals surface area contributed by atoms with Gasteiger partial charge in [0.05, 0.1) is 11.8 Å². The fraction of sp³-hybridized carbons (Fsp3) is 0.500. The molecule has 5 nitrogen and oxygen atoms in total. The van der Waals surface area contributed by atoms with E-state index < -0.39 is 6.10 Å². The number of rotatable bonds is 7. The molecular formula is C16H21BrN2O3. The Morgan fingerprint density at radius 2 is 2.36 bits per heavy atom. The monoisotopic (exact) mass is 368 g/mol. The molecule has 1 aromatic carbocycles. The molecule has 6 heteroatoms. The second kappa shape index (κ2) is 8.29. The highest BCUT2D eigenvalue weighted by Crippen LogP contribution is 2.19. The quantitative estimate of drug-likeness (QED) is 0.752. The highest BCUT2D eigenvalue weighted by molar-refractivity contribution is 9.10. The summed E-state index contributed by atoms with van der Waals surface area (Å²) in [5.74, 6) is -0.127. The number of nitrogens with one attached hydrogen (secondary N) is 1. The Morgan fingerprint density at radius 3 is 3.09 bits per heavy atom. The van der Waals surface area contributed by atoms with Gasteiger partial charge in [0.1, 0.15) is 0 Å². The molecule has 0 spiro atoms. The van der Waals surface area contributed by atoms with Crippen LogP contribution in [0.5, 0.6) is 0 Å². The van der Waals surface area contributed by atoms with Crippen molar-refractivity contribution in [2.45, 2.75) is 38.9 Å². The predicted molar refractivity (Wildman–Crippen MR) is 88.9 cm³/mol. The molecule has 0 aromatic heterocycles. The first-order valence-corrected chi connectivity index (χ1v) is 8.23. The maximum absolute atomic E-state index is 12.0. The van der Waals surface area contributed by atoms with Crippen LogP contribution in [0, 0.1) is 0 Å². The summed E-state index contributed by atoms with van der Waals surface area (Å²) in [6, 6.07) is 7.80. The van der Waals surface area contributed by atoms with Crippen LogP contribution in [0.4, 0.5) is 0 Å². The third-order valence-corrected chi connectivity index (χ3v) is 3.68. The lowest BCUT2D eigenvalue weighted by molar-refractivity contribution is -0.131. The number of hydrogen-bond donors (Lipinski definition) is 1. The molecule has 1 aliphatic rings. The summed E-state index contributed by atoms with van der Waals surface area (Å²) in [6.45, 7) is 5.21. The highest BCUT2D eigenvalue weighted by atomic mass is 79.9. The van der Waals surface area contributed by atoms with Crippen LogP contribution in [0.25, 0.3) is 0 Å². The fourth-order valence-electron chi connectivity index (χ4n) is 2.07. The van der Waals surface area contributed by atoms with E-state index in [-0.39, 0.29) is 12.0 Å². The maximum atomic E-state index is 12.0. The number of amides is 1. The van der Waals surface area contributed by atoms with Crippen molar-refractivity contribution < 1.29 is 14.4 Å². The van der Waals surface area contributed by atoms with Crippen molar-refractivity contribution in [1.82, 2.24) is 5.32 Å². The van der Waals surface area contributed by atoms with Gasteiger partial charge in [0, 0.05) is 29.6 Å². The van der Waals surface area contributed by atoms with Gasteiger partial charge in [0.15, 0.2) is 0 Å². The van der Waals surface area contributed by atoms with Gasteiger partial charge in [0.25, 0.3) is 5.91 Å². The molecular weight excluding hydrogens is 348 g/mol. The van der Waals surface area contributed by atoms with Crippen molar-refractivity contribution in [3.05, 3.63) is 34.3 Å². The largest absolute Gasteiger partial charge is 0.382 e. The molecule has 1 unspecified atom stereocenters. The summed E-state index contributed by atoms with van der Waals surface area (Å²) in [7, 11) is 0. The van der Waals surface area contributed by atoms with Gasteiger partial charge >= 0.3 is 0 Å². The molecule has 1 aliphatic heterocycles. The molecule has 1 aromatic rings. The van der Waals surface area contributed by atoms with E-state index in [9.17, 15) is 4.79 Å². The van der Waals surface area contributed by atoms with Gasteiger partial charge in [-0.2, -0.15) is 0 Å². The number of halogens is 1. The van der Waals surface area contributed by atoms with Crippen molar-refractivity contribution >= 4 is 27.5 Å². The summed E-state index contributed by atoms with van der Waals surface area (Å²) in [4.78, 5) is 17.3. The van der Waals surface area contributed by atoms with Crippen LogP contribution in [0.15, 0.2) is 33.9 Å². The standard InChI is InChI=1S/C16H21BrN2O3/c1-11(2)21-8-4-7-18-16(20)15-10-14(19-22-15)12-5-3-6-13(17)9-12/h3,5-6,9,11,15H,4,7-8,10H2,1-2H3,(H,18,20). The minimum Gasteiger partial charge on any atom is -0.382 e. The molecule has 0 fully saturated rings. The fourth-order valence-corrected chi connectivity index (χ4v) is 2.47. The Bertz CT molecular complexity index is 546. The lowest BCUT2D eigenvalue weighted by Crippen LogP contribution is -2.35. The Hall–Kier alpha value is -1.40. The molecule has 0 saturated carbocycles. The Balaban J connectivity index is 1.73. The van der Waals surface area contributed by atoms with Crippen molar-refractivity contribution in [3.8, 4) is 0 Å². The van der Waals surface area contributed by atoms with Crippen LogP contribution in [0.2, 0.25) is 0 Å². The van der Waals surface area contributed by atoms with E-state index in [0.29, 0.717) is 19.6 Å². The topological polar surface area (TPSA) is 59.9 Å². The molecule has 0 bridgehead atoms. The van der Waals surface area contributed by atoms with Crippen molar-refractivity contribution in [1.29, 1.82) is 0 Å². The molecule has 1 amide bonds. The number of benzene rings is 1. The molecule has 2 rings (SSSR count). The van der Waals surface area contributed by atoms with Crippen LogP contribution in [0.3, 0.4) is 0 Å². The van der Waals surface area contributed by atoms with Crippen LogP contribution in [-0.4, -0.2) is 37.0 Å². The Morgan fingerprint density at radius 1 is 1.55 bits per heavy atom. The van der Waals surface area contributed by atoms with Gasteiger partial charge in [-0.1, -0.05) is 33.2 Å². The predicted octanol–water partition coefficient (Wildman–Crippen LogP) is 2.87. The highest BCUT2D eigenvalue weighted by Gasteiger charge is 2.28. The first kappa shape index (κ1) is 17.0. The van der Waals surface area contributed by atoms with Gasteiger partial charge in [-0.05, 0) is 32.4 Å². The van der Waals surface area contributed by atoms with Gasteiger partial charge in [-0.25, -0.2) is 0 Å². The van der Waals surface area contributed by atoms with Crippen LogP contribution >= 0.6 is 15.9 Å². The van der Waals surface area contributed by atoms with Gasteiger partial charge in [-0.3, -0.25) is 4.79 Å². The molecule has 1 heterocycles. The molecule has 0 saturated heterocycles. The molecule has 22 heavy (non-hydrogen) atoms. The Kier molecular flexibility index (Phi) is 6.39. The molecule has 0 aliphatic carbocycles. The van der Waals surface area contributed by atoms with E-state index >= 15 is 0 Å². The SMILES string of the molecule is CC(C)OCCCNC(=O)C1CC(c2cccc(Br)c2)=NO1. The summed E-state index contributed by atoms with van der Waals surface area (Å²) in [6.07, 6.45) is 0.954. The first-order chi connectivity index (χ1) is 10.6. The third kappa shape index (κ3) is 5.10. The number of carbonyl (C=O) groups is 1. The van der Waals surface area contributed by atoms with E-state index in [1.165, 1.54) is 0 Å². The number of nitrogens with zero attached hydrogens (tertiary/aromatic N) is 1. The molecule has 120 valence electrons. The van der Waals surface area contributed by atoms with Gasteiger partial charge in [-0.15, -0.1) is 0 Å². The summed E-state index contributed by atoms with van der Waals surface area (Å²) < 4.78 is 6.40. The van der Waals surface area contributed by atoms with E-state index in [4.69, 9.17) is 9.57 Å². The Labute approximate surface area is 139 Å². The number of hydrogen-bond acceptors (Lipinski definition) is 4. The third-order valence-electron chi connectivity index (χ3n) is 3.19. The van der Waals surface area contributed by atoms with Gasteiger partial charge < -0.3 is 14.9 Å². The second-order valence-electron chi connectivity index (χ2n) is 5.41. The van der Waals surface area contributed by atoms with E-state index in [2.05, 4.69) is 26.4 Å². The first-order valence-electron chi connectivity index (χ1n) is 7.44. The van der Waals surface area contributed by atoms with Crippen LogP contribution < -0.4 is 5.32 Å². The smallest absolute Gasteiger partial charge is 0.264 e. The minimum absolute atomic E-state index is 0.127. The number of ether oxygens (including phenoxy) is 1. The average molecular weight is 369 g/mol. The maximum Gasteiger partial charge on any atom is 0.264 e. The summed E-state index contributed by atoms with van der Waals surface area (Å²) in [5, 5.41) is 6.88.